The zero-order chi connectivity index (χ0) is 25.8. The van der Waals surface area contributed by atoms with Crippen molar-refractivity contribution in [3.8, 4) is 17.2 Å². The molecule has 3 aromatic rings. The zero-order valence-corrected chi connectivity index (χ0v) is 20.8. The number of nitrogens with zero attached hydrogens (tertiary/aromatic N) is 1. The Bertz CT molecular complexity index is 1310. The van der Waals surface area contributed by atoms with Crippen LogP contribution in [0.25, 0.3) is 5.76 Å². The van der Waals surface area contributed by atoms with Crippen molar-refractivity contribution in [2.45, 2.75) is 26.8 Å². The molecule has 3 aromatic carbocycles. The molecule has 1 amide bonds. The molecule has 1 heterocycles. The van der Waals surface area contributed by atoms with Gasteiger partial charge in [0, 0.05) is 11.8 Å². The van der Waals surface area contributed by atoms with E-state index >= 15 is 0 Å². The Morgan fingerprint density at radius 3 is 2.25 bits per heavy atom. The molecule has 1 aliphatic rings. The van der Waals surface area contributed by atoms with Crippen LogP contribution < -0.4 is 19.1 Å². The first-order chi connectivity index (χ1) is 17.4. The summed E-state index contributed by atoms with van der Waals surface area (Å²) in [5.41, 5.74) is 2.48. The fourth-order valence-corrected chi connectivity index (χ4v) is 4.37. The molecule has 1 N–H and O–H groups in total. The number of carbonyl (C=O) groups is 2. The lowest BCUT2D eigenvalue weighted by Gasteiger charge is -2.26. The van der Waals surface area contributed by atoms with Crippen molar-refractivity contribution in [2.75, 3.05) is 25.2 Å². The van der Waals surface area contributed by atoms with Gasteiger partial charge in [0.1, 0.15) is 23.0 Å². The van der Waals surface area contributed by atoms with Crippen molar-refractivity contribution in [3.05, 3.63) is 89.0 Å². The number of hydrogen-bond donors (Lipinski definition) is 1. The number of methoxy groups -OCH3 is 1. The van der Waals surface area contributed by atoms with Crippen molar-refractivity contribution < 1.29 is 28.9 Å². The van der Waals surface area contributed by atoms with Crippen molar-refractivity contribution in [2.24, 2.45) is 0 Å². The Hall–Kier alpha value is -4.26. The van der Waals surface area contributed by atoms with E-state index < -0.39 is 17.7 Å². The second-order valence-corrected chi connectivity index (χ2v) is 8.31. The summed E-state index contributed by atoms with van der Waals surface area (Å²) in [6, 6.07) is 18.6. The average Bonchev–Trinajstić information content (AvgIpc) is 3.14. The lowest BCUT2D eigenvalue weighted by Crippen LogP contribution is -2.29. The molecular formula is C29H29NO6. The van der Waals surface area contributed by atoms with E-state index in [4.69, 9.17) is 14.2 Å². The van der Waals surface area contributed by atoms with Crippen molar-refractivity contribution >= 4 is 23.1 Å². The first-order valence-corrected chi connectivity index (χ1v) is 11.8. The van der Waals surface area contributed by atoms with Gasteiger partial charge in [-0.15, -0.1) is 0 Å². The predicted octanol–water partition coefficient (Wildman–Crippen LogP) is 5.43. The van der Waals surface area contributed by atoms with Gasteiger partial charge in [-0.05, 0) is 62.7 Å². The number of aliphatic hydroxyl groups is 1. The van der Waals surface area contributed by atoms with E-state index in [1.165, 1.54) is 4.90 Å². The molecule has 0 bridgehead atoms. The summed E-state index contributed by atoms with van der Waals surface area (Å²) in [4.78, 5) is 28.2. The van der Waals surface area contributed by atoms with Crippen LogP contribution in [-0.4, -0.2) is 37.1 Å². The second kappa shape index (κ2) is 10.6. The highest BCUT2D eigenvalue weighted by atomic mass is 16.5. The highest BCUT2D eigenvalue weighted by Crippen LogP contribution is 2.44. The van der Waals surface area contributed by atoms with Crippen molar-refractivity contribution in [1.82, 2.24) is 0 Å². The van der Waals surface area contributed by atoms with E-state index in [-0.39, 0.29) is 11.3 Å². The van der Waals surface area contributed by atoms with Crippen LogP contribution in [0.1, 0.15) is 36.6 Å². The molecule has 1 atom stereocenters. The van der Waals surface area contributed by atoms with Crippen LogP contribution in [0.5, 0.6) is 17.2 Å². The minimum atomic E-state index is -0.834. The lowest BCUT2D eigenvalue weighted by atomic mass is 9.94. The minimum Gasteiger partial charge on any atom is -0.507 e. The third-order valence-corrected chi connectivity index (χ3v) is 5.97. The number of amides is 1. The Morgan fingerprint density at radius 2 is 1.61 bits per heavy atom. The molecule has 0 radical (unpaired) electrons. The SMILES string of the molecule is CCOc1ccc(/C(O)=C2/C(=O)C(=O)N(c3ccc(OC)cc3)C2c2cccc(C)c2)c(OCC)c1. The number of ether oxygens (including phenoxy) is 3. The van der Waals surface area contributed by atoms with Gasteiger partial charge in [0.05, 0.1) is 37.5 Å². The maximum atomic E-state index is 13.4. The smallest absolute Gasteiger partial charge is 0.300 e. The van der Waals surface area contributed by atoms with Crippen LogP contribution in [0.3, 0.4) is 0 Å². The van der Waals surface area contributed by atoms with Gasteiger partial charge in [-0.2, -0.15) is 0 Å². The van der Waals surface area contributed by atoms with Crippen LogP contribution in [0, 0.1) is 6.92 Å². The van der Waals surface area contributed by atoms with Gasteiger partial charge < -0.3 is 19.3 Å². The fraction of sp³-hybridized carbons (Fsp3) is 0.241. The number of anilines is 1. The van der Waals surface area contributed by atoms with Crippen molar-refractivity contribution in [3.63, 3.8) is 0 Å². The maximum Gasteiger partial charge on any atom is 0.300 e. The Balaban J connectivity index is 1.93. The summed E-state index contributed by atoms with van der Waals surface area (Å²) in [6.45, 7) is 6.44. The monoisotopic (exact) mass is 487 g/mol. The molecule has 36 heavy (non-hydrogen) atoms. The predicted molar refractivity (Wildman–Crippen MR) is 138 cm³/mol. The van der Waals surface area contributed by atoms with Gasteiger partial charge in [-0.1, -0.05) is 29.8 Å². The molecule has 1 saturated heterocycles. The van der Waals surface area contributed by atoms with Crippen LogP contribution in [-0.2, 0) is 9.59 Å². The Kier molecular flexibility index (Phi) is 7.29. The molecule has 1 unspecified atom stereocenters. The molecule has 7 nitrogen and oxygen atoms in total. The van der Waals surface area contributed by atoms with Gasteiger partial charge in [0.2, 0.25) is 0 Å². The quantitative estimate of drug-likeness (QED) is 0.259. The van der Waals surface area contributed by atoms with Gasteiger partial charge in [0.25, 0.3) is 11.7 Å². The third-order valence-electron chi connectivity index (χ3n) is 5.97. The molecule has 186 valence electrons. The number of aliphatic hydroxyl groups excluding tert-OH is 1. The summed E-state index contributed by atoms with van der Waals surface area (Å²) >= 11 is 0. The van der Waals surface area contributed by atoms with Crippen LogP contribution >= 0.6 is 0 Å². The molecule has 1 fully saturated rings. The number of aryl methyl sites for hydroxylation is 1. The van der Waals surface area contributed by atoms with Crippen LogP contribution in [0.2, 0.25) is 0 Å². The molecule has 0 aromatic heterocycles. The van der Waals surface area contributed by atoms with Crippen LogP contribution in [0.15, 0.2) is 72.3 Å². The van der Waals surface area contributed by atoms with Crippen LogP contribution in [0.4, 0.5) is 5.69 Å². The molecule has 0 saturated carbocycles. The number of rotatable bonds is 8. The number of ketones is 1. The first kappa shape index (κ1) is 24.9. The summed E-state index contributed by atoms with van der Waals surface area (Å²) in [7, 11) is 1.56. The number of hydrogen-bond acceptors (Lipinski definition) is 6. The number of Topliss-reactive ketones (excluding diaryl/α,β-unsaturated/α-hetero) is 1. The van der Waals surface area contributed by atoms with E-state index in [9.17, 15) is 14.7 Å². The van der Waals surface area contributed by atoms with Gasteiger partial charge in [-0.25, -0.2) is 0 Å². The normalized spacial score (nSPS) is 16.8. The number of benzene rings is 3. The Labute approximate surface area is 210 Å². The lowest BCUT2D eigenvalue weighted by molar-refractivity contribution is -0.132. The number of carbonyl (C=O) groups excluding carboxylic acids is 2. The standard InChI is InChI=1S/C29H29NO6/c1-5-35-22-14-15-23(24(17-22)36-6-2)27(31)25-26(19-9-7-8-18(3)16-19)30(29(33)28(25)32)20-10-12-21(34-4)13-11-20/h7-17,26,31H,5-6H2,1-4H3/b27-25-. The molecular weight excluding hydrogens is 458 g/mol. The van der Waals surface area contributed by atoms with Gasteiger partial charge >= 0.3 is 0 Å². The first-order valence-electron chi connectivity index (χ1n) is 11.8. The van der Waals surface area contributed by atoms with Gasteiger partial charge in [0.15, 0.2) is 0 Å². The summed E-state index contributed by atoms with van der Waals surface area (Å²) in [5.74, 6) is -0.241. The van der Waals surface area contributed by atoms with E-state index in [1.54, 1.807) is 49.6 Å². The Morgan fingerprint density at radius 1 is 0.917 bits per heavy atom. The molecule has 0 aliphatic carbocycles. The fourth-order valence-electron chi connectivity index (χ4n) is 4.37. The van der Waals surface area contributed by atoms with Gasteiger partial charge in [-0.3, -0.25) is 14.5 Å². The topological polar surface area (TPSA) is 85.3 Å². The molecule has 1 aliphatic heterocycles. The van der Waals surface area contributed by atoms with E-state index in [1.807, 2.05) is 45.0 Å². The highest BCUT2D eigenvalue weighted by Gasteiger charge is 2.47. The molecule has 4 rings (SSSR count). The molecule has 7 heteroatoms. The van der Waals surface area contributed by atoms with E-state index in [2.05, 4.69) is 0 Å². The minimum absolute atomic E-state index is 0.00784. The van der Waals surface area contributed by atoms with E-state index in [0.29, 0.717) is 47.3 Å². The third kappa shape index (κ3) is 4.64. The summed E-state index contributed by atoms with van der Waals surface area (Å²) in [5, 5.41) is 11.5. The largest absolute Gasteiger partial charge is 0.507 e. The summed E-state index contributed by atoms with van der Waals surface area (Å²) in [6.07, 6.45) is 0. The van der Waals surface area contributed by atoms with Crippen molar-refractivity contribution in [1.29, 1.82) is 0 Å². The summed E-state index contributed by atoms with van der Waals surface area (Å²) < 4.78 is 16.6. The average molecular weight is 488 g/mol. The second-order valence-electron chi connectivity index (χ2n) is 8.31. The maximum absolute atomic E-state index is 13.4. The molecule has 0 spiro atoms. The van der Waals surface area contributed by atoms with E-state index in [0.717, 1.165) is 5.56 Å². The zero-order valence-electron chi connectivity index (χ0n) is 20.8. The highest BCUT2D eigenvalue weighted by molar-refractivity contribution is 6.51.